The SMILES string of the molecule is CC(C)c1noc([C@@H](C)N[C@@H](CN(C)Cc2ccccc2)C(C)C)n1. The summed E-state index contributed by atoms with van der Waals surface area (Å²) in [6.07, 6.45) is 0. The van der Waals surface area contributed by atoms with Crippen molar-refractivity contribution in [3.63, 3.8) is 0 Å². The van der Waals surface area contributed by atoms with E-state index >= 15 is 0 Å². The van der Waals surface area contributed by atoms with Gasteiger partial charge in [-0.3, -0.25) is 0 Å². The summed E-state index contributed by atoms with van der Waals surface area (Å²) >= 11 is 0. The molecule has 0 aliphatic heterocycles. The summed E-state index contributed by atoms with van der Waals surface area (Å²) in [6, 6.07) is 11.0. The van der Waals surface area contributed by atoms with Crippen molar-refractivity contribution in [1.29, 1.82) is 0 Å². The molecule has 2 aromatic rings. The van der Waals surface area contributed by atoms with Crippen LogP contribution in [0.1, 0.15) is 63.9 Å². The Kier molecular flexibility index (Phi) is 7.14. The summed E-state index contributed by atoms with van der Waals surface area (Å²) in [7, 11) is 2.16. The molecule has 0 aliphatic rings. The minimum atomic E-state index is 0.0394. The number of nitrogens with zero attached hydrogens (tertiary/aromatic N) is 3. The standard InChI is InChI=1S/C20H32N4O/c1-14(2)18(13-24(6)12-17-10-8-7-9-11-17)21-16(5)20-22-19(15(3)4)23-25-20/h7-11,14-16,18,21H,12-13H2,1-6H3/t16-,18+/m1/s1. The molecule has 1 aromatic heterocycles. The Bertz CT molecular complexity index is 624. The highest BCUT2D eigenvalue weighted by molar-refractivity contribution is 5.14. The first-order valence-electron chi connectivity index (χ1n) is 9.18. The number of rotatable bonds is 9. The number of benzene rings is 1. The molecule has 5 heteroatoms. The summed E-state index contributed by atoms with van der Waals surface area (Å²) < 4.78 is 5.43. The lowest BCUT2D eigenvalue weighted by Gasteiger charge is -2.29. The van der Waals surface area contributed by atoms with E-state index < -0.39 is 0 Å². The number of aromatic nitrogens is 2. The van der Waals surface area contributed by atoms with Crippen molar-refractivity contribution < 1.29 is 4.52 Å². The van der Waals surface area contributed by atoms with Crippen LogP contribution >= 0.6 is 0 Å². The van der Waals surface area contributed by atoms with E-state index in [-0.39, 0.29) is 12.0 Å². The third-order valence-electron chi connectivity index (χ3n) is 4.42. The van der Waals surface area contributed by atoms with Crippen molar-refractivity contribution >= 4 is 0 Å². The molecule has 0 amide bonds. The molecule has 0 fully saturated rings. The van der Waals surface area contributed by atoms with Gasteiger partial charge in [0.1, 0.15) is 0 Å². The maximum Gasteiger partial charge on any atom is 0.243 e. The van der Waals surface area contributed by atoms with Crippen molar-refractivity contribution in [3.8, 4) is 0 Å². The maximum atomic E-state index is 5.43. The number of nitrogens with one attached hydrogen (secondary N) is 1. The molecule has 0 radical (unpaired) electrons. The normalized spacial score (nSPS) is 14.4. The first kappa shape index (κ1) is 19.6. The largest absolute Gasteiger partial charge is 0.338 e. The highest BCUT2D eigenvalue weighted by Gasteiger charge is 2.22. The third-order valence-corrected chi connectivity index (χ3v) is 4.42. The van der Waals surface area contributed by atoms with Gasteiger partial charge in [0.05, 0.1) is 6.04 Å². The van der Waals surface area contributed by atoms with Crippen molar-refractivity contribution in [2.45, 2.75) is 59.2 Å². The van der Waals surface area contributed by atoms with E-state index in [1.54, 1.807) is 0 Å². The molecular formula is C20H32N4O. The fraction of sp³-hybridized carbons (Fsp3) is 0.600. The predicted molar refractivity (Wildman–Crippen MR) is 101 cm³/mol. The van der Waals surface area contributed by atoms with Crippen LogP contribution in [0.25, 0.3) is 0 Å². The van der Waals surface area contributed by atoms with Crippen LogP contribution in [-0.2, 0) is 6.54 Å². The average Bonchev–Trinajstić information content (AvgIpc) is 3.05. The van der Waals surface area contributed by atoms with E-state index in [0.717, 1.165) is 18.9 Å². The quantitative estimate of drug-likeness (QED) is 0.745. The van der Waals surface area contributed by atoms with E-state index in [0.29, 0.717) is 17.9 Å². The fourth-order valence-corrected chi connectivity index (χ4v) is 2.80. The Morgan fingerprint density at radius 3 is 2.32 bits per heavy atom. The van der Waals surface area contributed by atoms with Gasteiger partial charge in [0.25, 0.3) is 0 Å². The lowest BCUT2D eigenvalue weighted by atomic mass is 10.0. The highest BCUT2D eigenvalue weighted by atomic mass is 16.5. The lowest BCUT2D eigenvalue weighted by Crippen LogP contribution is -2.44. The summed E-state index contributed by atoms with van der Waals surface area (Å²) in [5.41, 5.74) is 1.33. The minimum Gasteiger partial charge on any atom is -0.338 e. The summed E-state index contributed by atoms with van der Waals surface area (Å²) in [5.74, 6) is 2.22. The van der Waals surface area contributed by atoms with Gasteiger partial charge in [-0.15, -0.1) is 0 Å². The van der Waals surface area contributed by atoms with Gasteiger partial charge >= 0.3 is 0 Å². The van der Waals surface area contributed by atoms with Gasteiger partial charge in [0.15, 0.2) is 5.82 Å². The zero-order chi connectivity index (χ0) is 18.4. The zero-order valence-corrected chi connectivity index (χ0v) is 16.4. The Labute approximate surface area is 151 Å². The molecule has 0 saturated heterocycles. The van der Waals surface area contributed by atoms with Crippen LogP contribution in [0, 0.1) is 5.92 Å². The molecule has 2 atom stereocenters. The van der Waals surface area contributed by atoms with E-state index in [1.807, 2.05) is 0 Å². The number of hydrogen-bond donors (Lipinski definition) is 1. The van der Waals surface area contributed by atoms with Crippen LogP contribution in [-0.4, -0.2) is 34.7 Å². The number of hydrogen-bond acceptors (Lipinski definition) is 5. The van der Waals surface area contributed by atoms with E-state index in [2.05, 4.69) is 92.4 Å². The number of likely N-dealkylation sites (N-methyl/N-ethyl adjacent to an activating group) is 1. The highest BCUT2D eigenvalue weighted by Crippen LogP contribution is 2.17. The van der Waals surface area contributed by atoms with Crippen molar-refractivity contribution in [1.82, 2.24) is 20.4 Å². The molecule has 5 nitrogen and oxygen atoms in total. The first-order valence-corrected chi connectivity index (χ1v) is 9.18. The van der Waals surface area contributed by atoms with E-state index in [1.165, 1.54) is 5.56 Å². The molecule has 138 valence electrons. The second-order valence-electron chi connectivity index (χ2n) is 7.57. The Morgan fingerprint density at radius 2 is 1.76 bits per heavy atom. The van der Waals surface area contributed by atoms with Crippen LogP contribution in [0.4, 0.5) is 0 Å². The molecule has 1 N–H and O–H groups in total. The molecule has 0 unspecified atom stereocenters. The van der Waals surface area contributed by atoms with Crippen molar-refractivity contribution in [3.05, 3.63) is 47.6 Å². The smallest absolute Gasteiger partial charge is 0.243 e. The predicted octanol–water partition coefficient (Wildman–Crippen LogP) is 4.00. The summed E-state index contributed by atoms with van der Waals surface area (Å²) in [5, 5.41) is 7.73. The van der Waals surface area contributed by atoms with E-state index in [9.17, 15) is 0 Å². The minimum absolute atomic E-state index is 0.0394. The van der Waals surface area contributed by atoms with Crippen molar-refractivity contribution in [2.24, 2.45) is 5.92 Å². The van der Waals surface area contributed by atoms with E-state index in [4.69, 9.17) is 4.52 Å². The zero-order valence-electron chi connectivity index (χ0n) is 16.4. The molecule has 2 rings (SSSR count). The maximum absolute atomic E-state index is 5.43. The van der Waals surface area contributed by atoms with Gasteiger partial charge in [-0.2, -0.15) is 4.98 Å². The van der Waals surface area contributed by atoms with Crippen LogP contribution in [0.2, 0.25) is 0 Å². The van der Waals surface area contributed by atoms with Crippen LogP contribution in [0.5, 0.6) is 0 Å². The summed E-state index contributed by atoms with van der Waals surface area (Å²) in [6.45, 7) is 12.6. The Morgan fingerprint density at radius 1 is 1.08 bits per heavy atom. The molecule has 0 saturated carbocycles. The molecule has 1 aromatic carbocycles. The summed E-state index contributed by atoms with van der Waals surface area (Å²) in [4.78, 5) is 6.87. The Balaban J connectivity index is 1.95. The van der Waals surface area contributed by atoms with Crippen LogP contribution in [0.3, 0.4) is 0 Å². The van der Waals surface area contributed by atoms with Gasteiger partial charge in [0, 0.05) is 25.0 Å². The molecular weight excluding hydrogens is 312 g/mol. The van der Waals surface area contributed by atoms with Gasteiger partial charge < -0.3 is 14.7 Å². The van der Waals surface area contributed by atoms with Gasteiger partial charge in [-0.05, 0) is 25.5 Å². The molecule has 0 aliphatic carbocycles. The fourth-order valence-electron chi connectivity index (χ4n) is 2.80. The molecule has 0 bridgehead atoms. The molecule has 0 spiro atoms. The van der Waals surface area contributed by atoms with Crippen LogP contribution in [0.15, 0.2) is 34.9 Å². The molecule has 1 heterocycles. The molecule has 25 heavy (non-hydrogen) atoms. The first-order chi connectivity index (χ1) is 11.9. The van der Waals surface area contributed by atoms with Gasteiger partial charge in [0.2, 0.25) is 5.89 Å². The second-order valence-corrected chi connectivity index (χ2v) is 7.57. The second kappa shape index (κ2) is 9.11. The van der Waals surface area contributed by atoms with Crippen molar-refractivity contribution in [2.75, 3.05) is 13.6 Å². The topological polar surface area (TPSA) is 54.2 Å². The average molecular weight is 345 g/mol. The Hall–Kier alpha value is -1.72. The monoisotopic (exact) mass is 344 g/mol. The third kappa shape index (κ3) is 5.94. The van der Waals surface area contributed by atoms with Crippen LogP contribution < -0.4 is 5.32 Å². The lowest BCUT2D eigenvalue weighted by molar-refractivity contribution is 0.225. The van der Waals surface area contributed by atoms with Gasteiger partial charge in [-0.25, -0.2) is 0 Å². The van der Waals surface area contributed by atoms with Gasteiger partial charge in [-0.1, -0.05) is 63.2 Å².